The summed E-state index contributed by atoms with van der Waals surface area (Å²) in [7, 11) is 4.45. The van der Waals surface area contributed by atoms with Gasteiger partial charge in [0.15, 0.2) is 11.5 Å². The third-order valence-electron chi connectivity index (χ3n) is 3.99. The highest BCUT2D eigenvalue weighted by atomic mass is 16.6. The van der Waals surface area contributed by atoms with E-state index in [1.54, 1.807) is 12.1 Å². The standard InChI is InChI=1S/C20H24N6O3/c1-13-11-14(19(21)24-26-23-3)9-10-17(13)29-12-15-7-5-6-8-16(15)18(25-28-4)20(27)22-2/h5-11H,12H2,1-4H3,(H,22,27)(H2,21,23,24)/b25-18+. The van der Waals surface area contributed by atoms with Gasteiger partial charge in [0.2, 0.25) is 0 Å². The van der Waals surface area contributed by atoms with E-state index in [4.69, 9.17) is 15.3 Å². The first-order chi connectivity index (χ1) is 14.0. The molecule has 0 spiro atoms. The van der Waals surface area contributed by atoms with Gasteiger partial charge in [-0.25, -0.2) is 0 Å². The molecule has 0 aliphatic rings. The van der Waals surface area contributed by atoms with E-state index in [2.05, 4.69) is 25.9 Å². The van der Waals surface area contributed by atoms with E-state index in [9.17, 15) is 4.79 Å². The van der Waals surface area contributed by atoms with Crippen molar-refractivity contribution in [3.05, 3.63) is 64.7 Å². The van der Waals surface area contributed by atoms with E-state index in [0.29, 0.717) is 11.3 Å². The first-order valence-corrected chi connectivity index (χ1v) is 8.79. The summed E-state index contributed by atoms with van der Waals surface area (Å²) in [5.74, 6) is 0.596. The van der Waals surface area contributed by atoms with E-state index < -0.39 is 0 Å². The van der Waals surface area contributed by atoms with Crippen molar-refractivity contribution in [2.24, 2.45) is 26.3 Å². The van der Waals surface area contributed by atoms with Crippen LogP contribution in [0.2, 0.25) is 0 Å². The van der Waals surface area contributed by atoms with Crippen LogP contribution in [-0.2, 0) is 16.2 Å². The molecule has 29 heavy (non-hydrogen) atoms. The fourth-order valence-corrected chi connectivity index (χ4v) is 2.58. The molecule has 0 aliphatic heterocycles. The molecule has 0 aromatic heterocycles. The quantitative estimate of drug-likeness (QED) is 0.308. The Morgan fingerprint density at radius 2 is 1.97 bits per heavy atom. The van der Waals surface area contributed by atoms with Crippen LogP contribution in [0.1, 0.15) is 22.3 Å². The zero-order chi connectivity index (χ0) is 21.2. The Hall–Kier alpha value is -3.75. The molecule has 0 bridgehead atoms. The van der Waals surface area contributed by atoms with Crippen LogP contribution in [-0.4, -0.2) is 38.7 Å². The summed E-state index contributed by atoms with van der Waals surface area (Å²) < 4.78 is 5.97. The average Bonchev–Trinajstić information content (AvgIpc) is 2.74. The maximum Gasteiger partial charge on any atom is 0.273 e. The van der Waals surface area contributed by atoms with Crippen molar-refractivity contribution >= 4 is 17.5 Å². The molecule has 1 amide bonds. The van der Waals surface area contributed by atoms with Crippen LogP contribution in [0, 0.1) is 6.92 Å². The molecule has 152 valence electrons. The van der Waals surface area contributed by atoms with Gasteiger partial charge < -0.3 is 20.6 Å². The number of aryl methyl sites for hydroxylation is 1. The number of carbonyl (C=O) groups excluding carboxylic acids is 1. The number of rotatable bonds is 8. The van der Waals surface area contributed by atoms with Crippen LogP contribution in [0.3, 0.4) is 0 Å². The van der Waals surface area contributed by atoms with Crippen molar-refractivity contribution in [1.29, 1.82) is 0 Å². The minimum absolute atomic E-state index is 0.176. The fourth-order valence-electron chi connectivity index (χ4n) is 2.58. The molecule has 9 heteroatoms. The Balaban J connectivity index is 2.25. The van der Waals surface area contributed by atoms with Crippen LogP contribution in [0.5, 0.6) is 5.75 Å². The lowest BCUT2D eigenvalue weighted by molar-refractivity contribution is -0.114. The average molecular weight is 396 g/mol. The van der Waals surface area contributed by atoms with Crippen molar-refractivity contribution < 1.29 is 14.4 Å². The summed E-state index contributed by atoms with van der Waals surface area (Å²) in [6.45, 7) is 2.14. The second kappa shape index (κ2) is 10.5. The third-order valence-corrected chi connectivity index (χ3v) is 3.99. The highest BCUT2D eigenvalue weighted by Crippen LogP contribution is 2.22. The summed E-state index contributed by atoms with van der Waals surface area (Å²) in [5, 5.41) is 17.3. The highest BCUT2D eigenvalue weighted by molar-refractivity contribution is 6.45. The van der Waals surface area contributed by atoms with E-state index in [1.165, 1.54) is 21.2 Å². The van der Waals surface area contributed by atoms with Gasteiger partial charge >= 0.3 is 0 Å². The lowest BCUT2D eigenvalue weighted by Crippen LogP contribution is -2.29. The molecule has 0 saturated carbocycles. The molecule has 2 aromatic rings. The number of likely N-dealkylation sites (N-methyl/N-ethyl adjacent to an activating group) is 1. The SMILES string of the molecule is CN=N/N=C(\N)c1ccc(OCc2ccccc2/C(=N\OC)C(=O)NC)c(C)c1. The minimum Gasteiger partial charge on any atom is -0.489 e. The highest BCUT2D eigenvalue weighted by Gasteiger charge is 2.17. The number of oxime groups is 1. The smallest absolute Gasteiger partial charge is 0.273 e. The second-order valence-electron chi connectivity index (χ2n) is 5.90. The Morgan fingerprint density at radius 1 is 1.21 bits per heavy atom. The summed E-state index contributed by atoms with van der Waals surface area (Å²) in [5.41, 5.74) is 9.08. The van der Waals surface area contributed by atoms with Gasteiger partial charge in [-0.15, -0.1) is 5.10 Å². The molecule has 3 N–H and O–H groups in total. The second-order valence-corrected chi connectivity index (χ2v) is 5.90. The number of hydrogen-bond acceptors (Lipinski definition) is 6. The zero-order valence-corrected chi connectivity index (χ0v) is 16.8. The molecule has 9 nitrogen and oxygen atoms in total. The summed E-state index contributed by atoms with van der Waals surface area (Å²) >= 11 is 0. The number of nitrogens with zero attached hydrogens (tertiary/aromatic N) is 4. The molecule has 0 unspecified atom stereocenters. The van der Waals surface area contributed by atoms with Gasteiger partial charge in [0, 0.05) is 18.2 Å². The Kier molecular flexibility index (Phi) is 7.84. The predicted molar refractivity (Wildman–Crippen MR) is 111 cm³/mol. The molecule has 0 radical (unpaired) electrons. The van der Waals surface area contributed by atoms with Gasteiger partial charge in [-0.3, -0.25) is 4.79 Å². The normalized spacial score (nSPS) is 12.1. The zero-order valence-electron chi connectivity index (χ0n) is 16.8. The lowest BCUT2D eigenvalue weighted by atomic mass is 10.0. The van der Waals surface area contributed by atoms with Gasteiger partial charge in [-0.05, 0) is 41.5 Å². The molecule has 2 rings (SSSR count). The molecule has 0 aliphatic carbocycles. The van der Waals surface area contributed by atoms with Crippen molar-refractivity contribution in [3.63, 3.8) is 0 Å². The van der Waals surface area contributed by atoms with Gasteiger partial charge in [-0.2, -0.15) is 5.11 Å². The van der Waals surface area contributed by atoms with E-state index in [1.807, 2.05) is 37.3 Å². The molecule has 0 saturated heterocycles. The molecular formula is C20H24N6O3. The Morgan fingerprint density at radius 3 is 2.62 bits per heavy atom. The van der Waals surface area contributed by atoms with E-state index in [0.717, 1.165) is 16.7 Å². The van der Waals surface area contributed by atoms with Crippen LogP contribution >= 0.6 is 0 Å². The minimum atomic E-state index is -0.348. The number of nitrogens with one attached hydrogen (secondary N) is 1. The Bertz CT molecular complexity index is 953. The maximum absolute atomic E-state index is 12.2. The van der Waals surface area contributed by atoms with Gasteiger partial charge in [0.1, 0.15) is 19.5 Å². The molecule has 0 fully saturated rings. The van der Waals surface area contributed by atoms with E-state index in [-0.39, 0.29) is 24.1 Å². The fraction of sp³-hybridized carbons (Fsp3) is 0.250. The first kappa shape index (κ1) is 21.5. The summed E-state index contributed by atoms with van der Waals surface area (Å²) in [6.07, 6.45) is 0. The van der Waals surface area contributed by atoms with Crippen LogP contribution in [0.25, 0.3) is 0 Å². The molecule has 0 atom stereocenters. The first-order valence-electron chi connectivity index (χ1n) is 8.79. The number of amidine groups is 1. The number of carbonyl (C=O) groups is 1. The summed E-state index contributed by atoms with van der Waals surface area (Å²) in [4.78, 5) is 17.0. The van der Waals surface area contributed by atoms with E-state index >= 15 is 0 Å². The van der Waals surface area contributed by atoms with Gasteiger partial charge in [0.25, 0.3) is 5.91 Å². The van der Waals surface area contributed by atoms with Crippen molar-refractivity contribution in [2.75, 3.05) is 21.2 Å². The number of amides is 1. The number of nitrogens with two attached hydrogens (primary N) is 1. The number of benzene rings is 2. The monoisotopic (exact) mass is 396 g/mol. The summed E-state index contributed by atoms with van der Waals surface area (Å²) in [6, 6.07) is 12.8. The Labute approximate surface area is 169 Å². The maximum atomic E-state index is 12.2. The molecular weight excluding hydrogens is 372 g/mol. The van der Waals surface area contributed by atoms with Crippen LogP contribution in [0.15, 0.2) is 63.1 Å². The van der Waals surface area contributed by atoms with Gasteiger partial charge in [0.05, 0.1) is 7.05 Å². The predicted octanol–water partition coefficient (Wildman–Crippen LogP) is 2.37. The lowest BCUT2D eigenvalue weighted by Gasteiger charge is -2.14. The largest absolute Gasteiger partial charge is 0.489 e. The third kappa shape index (κ3) is 5.61. The molecule has 2 aromatic carbocycles. The van der Waals surface area contributed by atoms with Crippen molar-refractivity contribution in [2.45, 2.75) is 13.5 Å². The van der Waals surface area contributed by atoms with Crippen molar-refractivity contribution in [3.8, 4) is 5.75 Å². The van der Waals surface area contributed by atoms with Gasteiger partial charge in [-0.1, -0.05) is 29.4 Å². The molecule has 0 heterocycles. The topological polar surface area (TPSA) is 123 Å². The number of hydrogen-bond donors (Lipinski definition) is 2. The number of ether oxygens (including phenoxy) is 1. The van der Waals surface area contributed by atoms with Crippen LogP contribution in [0.4, 0.5) is 0 Å². The van der Waals surface area contributed by atoms with Crippen molar-refractivity contribution in [1.82, 2.24) is 5.32 Å². The van der Waals surface area contributed by atoms with Crippen LogP contribution < -0.4 is 15.8 Å².